The second-order valence-corrected chi connectivity index (χ2v) is 8.65. The third kappa shape index (κ3) is 3.35. The van der Waals surface area contributed by atoms with E-state index in [9.17, 15) is 13.2 Å². The lowest BCUT2D eigenvalue weighted by atomic mass is 10.0. The van der Waals surface area contributed by atoms with Crippen LogP contribution in [0.4, 0.5) is 0 Å². The van der Waals surface area contributed by atoms with Gasteiger partial charge in [0, 0.05) is 34.4 Å². The van der Waals surface area contributed by atoms with Crippen LogP contribution in [0.15, 0.2) is 17.0 Å². The second-order valence-electron chi connectivity index (χ2n) is 5.68. The molecule has 4 nitrogen and oxygen atoms in total. The maximum Gasteiger partial charge on any atom is 0.261 e. The average Bonchev–Trinajstić information content (AvgIpc) is 2.70. The molecule has 0 N–H and O–H groups in total. The van der Waals surface area contributed by atoms with Crippen molar-refractivity contribution in [3.05, 3.63) is 28.3 Å². The molecule has 0 aromatic heterocycles. The Hall–Kier alpha value is -0.780. The Balaban J connectivity index is 2.45. The fourth-order valence-electron chi connectivity index (χ4n) is 2.60. The van der Waals surface area contributed by atoms with Gasteiger partial charge in [-0.25, -0.2) is 8.42 Å². The monoisotopic (exact) mass is 349 g/mol. The predicted octanol–water partition coefficient (Wildman–Crippen LogP) is 3.30. The van der Waals surface area contributed by atoms with Crippen molar-refractivity contribution in [2.75, 3.05) is 13.1 Å². The lowest BCUT2D eigenvalue weighted by molar-refractivity contribution is 0.0784. The highest BCUT2D eigenvalue weighted by molar-refractivity contribution is 8.13. The summed E-state index contributed by atoms with van der Waals surface area (Å²) in [6, 6.07) is 2.77. The highest BCUT2D eigenvalue weighted by Crippen LogP contribution is 2.30. The van der Waals surface area contributed by atoms with Gasteiger partial charge in [-0.05, 0) is 36.5 Å². The van der Waals surface area contributed by atoms with Crippen LogP contribution in [-0.2, 0) is 9.05 Å². The van der Waals surface area contributed by atoms with Crippen molar-refractivity contribution < 1.29 is 13.2 Å². The zero-order valence-corrected chi connectivity index (χ0v) is 14.4. The van der Waals surface area contributed by atoms with Crippen molar-refractivity contribution in [1.82, 2.24) is 4.90 Å². The first-order valence-electron chi connectivity index (χ1n) is 6.65. The molecule has 1 aliphatic heterocycles. The van der Waals surface area contributed by atoms with E-state index in [0.29, 0.717) is 36.1 Å². The predicted molar refractivity (Wildman–Crippen MR) is 83.5 cm³/mol. The molecule has 116 valence electrons. The largest absolute Gasteiger partial charge is 0.338 e. The summed E-state index contributed by atoms with van der Waals surface area (Å²) in [5, 5.41) is 0.184. The van der Waals surface area contributed by atoms with Crippen molar-refractivity contribution in [2.45, 2.75) is 25.7 Å². The van der Waals surface area contributed by atoms with Crippen LogP contribution in [0.25, 0.3) is 0 Å². The zero-order chi connectivity index (χ0) is 15.9. The topological polar surface area (TPSA) is 54.5 Å². The molecule has 1 heterocycles. The van der Waals surface area contributed by atoms with E-state index < -0.39 is 9.05 Å². The van der Waals surface area contributed by atoms with Crippen LogP contribution in [-0.4, -0.2) is 32.3 Å². The summed E-state index contributed by atoms with van der Waals surface area (Å²) in [6.07, 6.45) is 0. The second kappa shape index (κ2) is 5.78. The minimum Gasteiger partial charge on any atom is -0.338 e. The third-order valence-electron chi connectivity index (χ3n) is 4.09. The van der Waals surface area contributed by atoms with Crippen molar-refractivity contribution >= 4 is 37.2 Å². The van der Waals surface area contributed by atoms with Gasteiger partial charge in [-0.1, -0.05) is 25.4 Å². The Kier molecular flexibility index (Phi) is 4.57. The number of hydrogen-bond acceptors (Lipinski definition) is 3. The molecule has 2 unspecified atom stereocenters. The molecule has 1 aromatic rings. The van der Waals surface area contributed by atoms with Crippen LogP contribution in [0, 0.1) is 18.8 Å². The number of benzene rings is 1. The van der Waals surface area contributed by atoms with Gasteiger partial charge in [-0.2, -0.15) is 0 Å². The van der Waals surface area contributed by atoms with E-state index in [-0.39, 0.29) is 15.8 Å². The number of nitrogens with zero attached hydrogens (tertiary/aromatic N) is 1. The number of halogens is 2. The van der Waals surface area contributed by atoms with Gasteiger partial charge in [-0.15, -0.1) is 0 Å². The summed E-state index contributed by atoms with van der Waals surface area (Å²) >= 11 is 5.94. The highest BCUT2D eigenvalue weighted by atomic mass is 35.7. The van der Waals surface area contributed by atoms with Gasteiger partial charge in [0.05, 0.1) is 4.90 Å². The summed E-state index contributed by atoms with van der Waals surface area (Å²) in [5.74, 6) is 0.641. The highest BCUT2D eigenvalue weighted by Gasteiger charge is 2.31. The number of likely N-dealkylation sites (tertiary alicyclic amines) is 1. The molecule has 7 heteroatoms. The standard InChI is InChI=1S/C14H17Cl2NO3S/c1-8-6-17(7-9(8)2)14(18)12-4-11(15)5-13(10(12)3)21(16,19)20/h4-5,8-9H,6-7H2,1-3H3. The molecular formula is C14H17Cl2NO3S. The van der Waals surface area contributed by atoms with E-state index in [0.717, 1.165) is 0 Å². The van der Waals surface area contributed by atoms with Crippen LogP contribution in [0.2, 0.25) is 5.02 Å². The van der Waals surface area contributed by atoms with Gasteiger partial charge in [0.1, 0.15) is 0 Å². The molecule has 1 amide bonds. The number of hydrogen-bond donors (Lipinski definition) is 0. The first-order valence-corrected chi connectivity index (χ1v) is 9.34. The number of rotatable bonds is 2. The van der Waals surface area contributed by atoms with E-state index in [4.69, 9.17) is 22.3 Å². The fraction of sp³-hybridized carbons (Fsp3) is 0.500. The van der Waals surface area contributed by atoms with Gasteiger partial charge in [-0.3, -0.25) is 4.79 Å². The van der Waals surface area contributed by atoms with Crippen LogP contribution in [0.1, 0.15) is 29.8 Å². The molecule has 21 heavy (non-hydrogen) atoms. The van der Waals surface area contributed by atoms with Crippen molar-refractivity contribution in [2.24, 2.45) is 11.8 Å². The summed E-state index contributed by atoms with van der Waals surface area (Å²) in [5.41, 5.74) is 0.634. The Bertz CT molecular complexity index is 678. The molecule has 0 radical (unpaired) electrons. The summed E-state index contributed by atoms with van der Waals surface area (Å²) in [6.45, 7) is 7.08. The third-order valence-corrected chi connectivity index (χ3v) is 5.76. The van der Waals surface area contributed by atoms with Gasteiger partial charge < -0.3 is 4.90 Å². The summed E-state index contributed by atoms with van der Waals surface area (Å²) < 4.78 is 23.2. The summed E-state index contributed by atoms with van der Waals surface area (Å²) in [4.78, 5) is 14.2. The van der Waals surface area contributed by atoms with E-state index in [1.165, 1.54) is 12.1 Å². The first kappa shape index (κ1) is 16.6. The number of amides is 1. The average molecular weight is 350 g/mol. The molecule has 1 aromatic carbocycles. The molecule has 0 bridgehead atoms. The van der Waals surface area contributed by atoms with Crippen molar-refractivity contribution in [3.8, 4) is 0 Å². The summed E-state index contributed by atoms with van der Waals surface area (Å²) in [7, 11) is 1.47. The normalized spacial score (nSPS) is 22.6. The number of carbonyl (C=O) groups excluding carboxylic acids is 1. The molecule has 1 saturated heterocycles. The molecule has 0 saturated carbocycles. The van der Waals surface area contributed by atoms with E-state index in [1.807, 2.05) is 0 Å². The minimum absolute atomic E-state index is 0.111. The lowest BCUT2D eigenvalue weighted by Gasteiger charge is -2.18. The Morgan fingerprint density at radius 2 is 1.76 bits per heavy atom. The van der Waals surface area contributed by atoms with Crippen LogP contribution in [0.3, 0.4) is 0 Å². The van der Waals surface area contributed by atoms with E-state index in [2.05, 4.69) is 13.8 Å². The van der Waals surface area contributed by atoms with Crippen LogP contribution < -0.4 is 0 Å². The van der Waals surface area contributed by atoms with Gasteiger partial charge in [0.25, 0.3) is 15.0 Å². The molecular weight excluding hydrogens is 333 g/mol. The zero-order valence-electron chi connectivity index (χ0n) is 12.1. The lowest BCUT2D eigenvalue weighted by Crippen LogP contribution is -2.29. The molecule has 0 spiro atoms. The minimum atomic E-state index is -3.94. The Morgan fingerprint density at radius 3 is 2.24 bits per heavy atom. The maximum absolute atomic E-state index is 12.6. The number of carbonyl (C=O) groups is 1. The van der Waals surface area contributed by atoms with Crippen LogP contribution in [0.5, 0.6) is 0 Å². The molecule has 1 fully saturated rings. The fourth-order valence-corrected chi connectivity index (χ4v) is 4.10. The smallest absolute Gasteiger partial charge is 0.261 e. The van der Waals surface area contributed by atoms with E-state index in [1.54, 1.807) is 11.8 Å². The van der Waals surface area contributed by atoms with E-state index >= 15 is 0 Å². The van der Waals surface area contributed by atoms with Crippen molar-refractivity contribution in [3.63, 3.8) is 0 Å². The first-order chi connectivity index (χ1) is 9.61. The van der Waals surface area contributed by atoms with Crippen LogP contribution >= 0.6 is 22.3 Å². The Morgan fingerprint density at radius 1 is 1.24 bits per heavy atom. The quantitative estimate of drug-likeness (QED) is 0.769. The van der Waals surface area contributed by atoms with Gasteiger partial charge in [0.15, 0.2) is 0 Å². The molecule has 1 aliphatic rings. The van der Waals surface area contributed by atoms with Crippen molar-refractivity contribution in [1.29, 1.82) is 0 Å². The molecule has 2 atom stereocenters. The van der Waals surface area contributed by atoms with Gasteiger partial charge >= 0.3 is 0 Å². The molecule has 0 aliphatic carbocycles. The Labute approximate surface area is 134 Å². The molecule has 2 rings (SSSR count). The maximum atomic E-state index is 12.6. The SMILES string of the molecule is Cc1c(C(=O)N2CC(C)C(C)C2)cc(Cl)cc1S(=O)(=O)Cl. The van der Waals surface area contributed by atoms with Gasteiger partial charge in [0.2, 0.25) is 0 Å².